The molecule has 0 spiro atoms. The van der Waals surface area contributed by atoms with Gasteiger partial charge in [0.2, 0.25) is 10.0 Å². The molecule has 1 unspecified atom stereocenters. The lowest BCUT2D eigenvalue weighted by Crippen LogP contribution is -2.51. The van der Waals surface area contributed by atoms with E-state index in [0.29, 0.717) is 29.5 Å². The van der Waals surface area contributed by atoms with Gasteiger partial charge in [-0.25, -0.2) is 8.42 Å². The minimum atomic E-state index is -3.59. The van der Waals surface area contributed by atoms with Crippen molar-refractivity contribution in [2.75, 3.05) is 42.1 Å². The Balaban J connectivity index is 1.65. The van der Waals surface area contributed by atoms with Crippen LogP contribution in [0.1, 0.15) is 0 Å². The first-order valence-corrected chi connectivity index (χ1v) is 11.0. The minimum absolute atomic E-state index is 0.105. The fourth-order valence-electron chi connectivity index (χ4n) is 2.95. The molecule has 0 fully saturated rings. The summed E-state index contributed by atoms with van der Waals surface area (Å²) in [5, 5.41) is 3.21. The van der Waals surface area contributed by atoms with E-state index in [1.54, 1.807) is 12.1 Å². The van der Waals surface area contributed by atoms with Crippen molar-refractivity contribution >= 4 is 38.9 Å². The van der Waals surface area contributed by atoms with Crippen molar-refractivity contribution in [1.82, 2.24) is 5.32 Å². The lowest BCUT2D eigenvalue weighted by Gasteiger charge is -2.34. The maximum atomic E-state index is 12.6. The smallest absolute Gasteiger partial charge is 0.263 e. The van der Waals surface area contributed by atoms with Gasteiger partial charge in [-0.2, -0.15) is 0 Å². The van der Waals surface area contributed by atoms with Crippen LogP contribution in [0.5, 0.6) is 5.75 Å². The van der Waals surface area contributed by atoms with E-state index in [2.05, 4.69) is 5.32 Å². The molecule has 0 radical (unpaired) electrons. The Hall–Kier alpha value is -2.45. The average molecular weight is 424 g/mol. The molecule has 1 atom stereocenters. The van der Waals surface area contributed by atoms with Gasteiger partial charge < -0.3 is 15.0 Å². The number of rotatable bonds is 6. The van der Waals surface area contributed by atoms with Crippen LogP contribution in [-0.4, -0.2) is 53.4 Å². The monoisotopic (exact) mass is 423 g/mol. The minimum Gasteiger partial charge on any atom is -0.476 e. The molecule has 28 heavy (non-hydrogen) atoms. The van der Waals surface area contributed by atoms with Crippen molar-refractivity contribution in [2.24, 2.45) is 0 Å². The molecule has 2 aromatic rings. The molecule has 2 aromatic carbocycles. The highest BCUT2D eigenvalue weighted by Gasteiger charge is 2.35. The number of nitrogens with one attached hydrogen (secondary N) is 1. The van der Waals surface area contributed by atoms with E-state index in [9.17, 15) is 13.2 Å². The van der Waals surface area contributed by atoms with Crippen molar-refractivity contribution < 1.29 is 17.9 Å². The largest absolute Gasteiger partial charge is 0.476 e. The fraction of sp³-hybridized carbons (Fsp3) is 0.316. The first-order chi connectivity index (χ1) is 13.3. The summed E-state index contributed by atoms with van der Waals surface area (Å²) in [5.74, 6) is -0.0571. The Morgan fingerprint density at radius 3 is 2.68 bits per heavy atom. The number of carbonyl (C=O) groups is 1. The van der Waals surface area contributed by atoms with Crippen LogP contribution >= 0.6 is 11.6 Å². The molecule has 9 heteroatoms. The van der Waals surface area contributed by atoms with Crippen LogP contribution in [0.25, 0.3) is 0 Å². The molecule has 0 aliphatic carbocycles. The van der Waals surface area contributed by atoms with Crippen LogP contribution < -0.4 is 19.3 Å². The maximum Gasteiger partial charge on any atom is 0.263 e. The summed E-state index contributed by atoms with van der Waals surface area (Å²) < 4.78 is 31.2. The van der Waals surface area contributed by atoms with E-state index >= 15 is 0 Å². The molecule has 0 bridgehead atoms. The third-order valence-corrected chi connectivity index (χ3v) is 5.81. The van der Waals surface area contributed by atoms with Crippen molar-refractivity contribution in [2.45, 2.75) is 6.10 Å². The third kappa shape index (κ3) is 4.69. The number of benzene rings is 2. The molecule has 0 aromatic heterocycles. The first kappa shape index (κ1) is 20.3. The maximum absolute atomic E-state index is 12.6. The van der Waals surface area contributed by atoms with Gasteiger partial charge in [0, 0.05) is 30.8 Å². The average Bonchev–Trinajstić information content (AvgIpc) is 2.66. The van der Waals surface area contributed by atoms with Gasteiger partial charge in [0.1, 0.15) is 5.75 Å². The molecule has 1 aliphatic heterocycles. The Morgan fingerprint density at radius 2 is 2.00 bits per heavy atom. The molecular formula is C19H22ClN3O4S. The Kier molecular flexibility index (Phi) is 6.00. The van der Waals surface area contributed by atoms with Gasteiger partial charge in [-0.1, -0.05) is 29.8 Å². The lowest BCUT2D eigenvalue weighted by atomic mass is 10.2. The number of nitrogens with zero attached hydrogens (tertiary/aromatic N) is 2. The van der Waals surface area contributed by atoms with E-state index in [1.807, 2.05) is 42.3 Å². The zero-order valence-corrected chi connectivity index (χ0v) is 17.2. The van der Waals surface area contributed by atoms with Gasteiger partial charge in [-0.05, 0) is 30.3 Å². The molecule has 1 N–H and O–H groups in total. The number of hydrogen-bond donors (Lipinski definition) is 1. The number of sulfonamides is 1. The highest BCUT2D eigenvalue weighted by atomic mass is 35.5. The van der Waals surface area contributed by atoms with Crippen LogP contribution in [0.4, 0.5) is 11.4 Å². The molecule has 1 aliphatic rings. The van der Waals surface area contributed by atoms with Crippen molar-refractivity contribution in [3.05, 3.63) is 53.6 Å². The van der Waals surface area contributed by atoms with Crippen molar-refractivity contribution in [1.29, 1.82) is 0 Å². The topological polar surface area (TPSA) is 79.0 Å². The summed E-state index contributed by atoms with van der Waals surface area (Å²) in [6, 6.07) is 14.5. The summed E-state index contributed by atoms with van der Waals surface area (Å²) >= 11 is 5.98. The van der Waals surface area contributed by atoms with E-state index < -0.39 is 16.1 Å². The van der Waals surface area contributed by atoms with Crippen molar-refractivity contribution in [3.63, 3.8) is 0 Å². The number of amides is 1. The number of fused-ring (bicyclic) bond motifs is 1. The second-order valence-corrected chi connectivity index (χ2v) is 8.90. The number of likely N-dealkylation sites (N-methyl/N-ethyl adjacent to an activating group) is 1. The molecular weight excluding hydrogens is 402 g/mol. The summed E-state index contributed by atoms with van der Waals surface area (Å²) in [7, 11) is -1.65. The number of hydrogen-bond acceptors (Lipinski definition) is 5. The zero-order valence-electron chi connectivity index (χ0n) is 15.6. The van der Waals surface area contributed by atoms with Gasteiger partial charge in [0.05, 0.1) is 18.5 Å². The van der Waals surface area contributed by atoms with Crippen LogP contribution in [0.2, 0.25) is 5.02 Å². The van der Waals surface area contributed by atoms with Crippen LogP contribution in [0.15, 0.2) is 48.5 Å². The predicted molar refractivity (Wildman–Crippen MR) is 111 cm³/mol. The number of anilines is 2. The van der Waals surface area contributed by atoms with Gasteiger partial charge in [-0.15, -0.1) is 0 Å². The second kappa shape index (κ2) is 8.28. The van der Waals surface area contributed by atoms with Gasteiger partial charge in [-0.3, -0.25) is 9.10 Å². The highest BCUT2D eigenvalue weighted by Crippen LogP contribution is 2.37. The summed E-state index contributed by atoms with van der Waals surface area (Å²) in [4.78, 5) is 14.6. The zero-order chi connectivity index (χ0) is 20.3. The van der Waals surface area contributed by atoms with Crippen LogP contribution in [0.3, 0.4) is 0 Å². The predicted octanol–water partition coefficient (Wildman–Crippen LogP) is 2.12. The summed E-state index contributed by atoms with van der Waals surface area (Å²) in [5.41, 5.74) is 1.38. The number of para-hydroxylation sites is 1. The van der Waals surface area contributed by atoms with E-state index in [1.165, 1.54) is 6.07 Å². The molecule has 150 valence electrons. The Labute approximate surface area is 169 Å². The molecule has 1 heterocycles. The normalized spacial score (nSPS) is 16.1. The Bertz CT molecular complexity index is 953. The van der Waals surface area contributed by atoms with Crippen LogP contribution in [0, 0.1) is 0 Å². The highest BCUT2D eigenvalue weighted by molar-refractivity contribution is 7.92. The van der Waals surface area contributed by atoms with Crippen LogP contribution in [-0.2, 0) is 14.8 Å². The molecule has 0 saturated carbocycles. The Morgan fingerprint density at radius 1 is 1.29 bits per heavy atom. The van der Waals surface area contributed by atoms with Gasteiger partial charge >= 0.3 is 0 Å². The standard InChI is InChI=1S/C19H22ClN3O4S/c1-22(15-6-4-3-5-7-15)11-10-21-19(24)18-13-23(28(2,25)26)16-12-14(20)8-9-17(16)27-18/h3-9,12,18H,10-11,13H2,1-2H3,(H,21,24). The third-order valence-electron chi connectivity index (χ3n) is 4.43. The quantitative estimate of drug-likeness (QED) is 0.769. The van der Waals surface area contributed by atoms with Crippen molar-refractivity contribution in [3.8, 4) is 5.75 Å². The SMILES string of the molecule is CN(CCNC(=O)C1CN(S(C)(=O)=O)c2cc(Cl)ccc2O1)c1ccccc1. The van der Waals surface area contributed by atoms with E-state index in [0.717, 1.165) is 16.2 Å². The van der Waals surface area contributed by atoms with Gasteiger partial charge in [0.25, 0.3) is 5.91 Å². The summed E-state index contributed by atoms with van der Waals surface area (Å²) in [6.07, 6.45) is 0.151. The molecule has 3 rings (SSSR count). The first-order valence-electron chi connectivity index (χ1n) is 8.73. The lowest BCUT2D eigenvalue weighted by molar-refractivity contribution is -0.127. The van der Waals surface area contributed by atoms with Gasteiger partial charge in [0.15, 0.2) is 6.10 Å². The molecule has 7 nitrogen and oxygen atoms in total. The molecule has 1 amide bonds. The summed E-state index contributed by atoms with van der Waals surface area (Å²) in [6.45, 7) is 0.896. The number of carbonyl (C=O) groups excluding carboxylic acids is 1. The second-order valence-electron chi connectivity index (χ2n) is 6.56. The molecule has 0 saturated heterocycles. The number of halogens is 1. The van der Waals surface area contributed by atoms with E-state index in [4.69, 9.17) is 16.3 Å². The van der Waals surface area contributed by atoms with E-state index in [-0.39, 0.29) is 12.5 Å². The number of ether oxygens (including phenoxy) is 1. The fourth-order valence-corrected chi connectivity index (χ4v) is 4.02.